The van der Waals surface area contributed by atoms with Crippen molar-refractivity contribution in [3.05, 3.63) is 59.7 Å². The second-order valence-electron chi connectivity index (χ2n) is 6.01. The molecule has 0 aromatic heterocycles. The minimum atomic E-state index is 0.147. The molecule has 1 saturated heterocycles. The number of aryl methyl sites for hydroxylation is 1. The maximum atomic E-state index is 12.9. The van der Waals surface area contributed by atoms with Crippen LogP contribution in [0, 0.1) is 6.92 Å². The van der Waals surface area contributed by atoms with Crippen molar-refractivity contribution in [2.24, 2.45) is 0 Å². The summed E-state index contributed by atoms with van der Waals surface area (Å²) in [6.45, 7) is 5.58. The minimum absolute atomic E-state index is 0.147. The maximum Gasteiger partial charge on any atom is 0.255 e. The highest BCUT2D eigenvalue weighted by molar-refractivity contribution is 7.99. The quantitative estimate of drug-likeness (QED) is 0.862. The molecular formula is C19H22N2OS. The van der Waals surface area contributed by atoms with Crippen molar-refractivity contribution >= 4 is 17.7 Å². The Morgan fingerprint density at radius 1 is 0.957 bits per heavy atom. The van der Waals surface area contributed by atoms with Crippen LogP contribution in [-0.2, 0) is 0 Å². The van der Waals surface area contributed by atoms with Gasteiger partial charge < -0.3 is 9.80 Å². The van der Waals surface area contributed by atoms with Crippen LogP contribution in [0.2, 0.25) is 0 Å². The Morgan fingerprint density at radius 3 is 2.30 bits per heavy atom. The zero-order chi connectivity index (χ0) is 16.2. The van der Waals surface area contributed by atoms with E-state index in [1.807, 2.05) is 29.2 Å². The topological polar surface area (TPSA) is 23.6 Å². The number of piperazine rings is 1. The smallest absolute Gasteiger partial charge is 0.255 e. The molecule has 1 aliphatic heterocycles. The van der Waals surface area contributed by atoms with Crippen molar-refractivity contribution in [3.63, 3.8) is 0 Å². The summed E-state index contributed by atoms with van der Waals surface area (Å²) >= 11 is 1.66. The molecule has 120 valence electrons. The van der Waals surface area contributed by atoms with E-state index in [4.69, 9.17) is 0 Å². The number of likely N-dealkylation sites (N-methyl/N-ethyl adjacent to an activating group) is 1. The van der Waals surface area contributed by atoms with E-state index in [1.165, 1.54) is 5.56 Å². The molecule has 1 amide bonds. The summed E-state index contributed by atoms with van der Waals surface area (Å²) in [6, 6.07) is 16.3. The maximum absolute atomic E-state index is 12.9. The summed E-state index contributed by atoms with van der Waals surface area (Å²) < 4.78 is 0. The van der Waals surface area contributed by atoms with Crippen LogP contribution >= 0.6 is 11.8 Å². The van der Waals surface area contributed by atoms with Gasteiger partial charge in [-0.05, 0) is 38.2 Å². The SMILES string of the molecule is Cc1ccc(Sc2ccccc2C(=O)N2CCN(C)CC2)cc1. The molecule has 2 aromatic rings. The summed E-state index contributed by atoms with van der Waals surface area (Å²) in [5.41, 5.74) is 2.05. The first kappa shape index (κ1) is 16.1. The van der Waals surface area contributed by atoms with Crippen LogP contribution in [0.1, 0.15) is 15.9 Å². The van der Waals surface area contributed by atoms with E-state index in [-0.39, 0.29) is 5.91 Å². The lowest BCUT2D eigenvalue weighted by Gasteiger charge is -2.32. The monoisotopic (exact) mass is 326 g/mol. The van der Waals surface area contributed by atoms with Crippen LogP contribution < -0.4 is 0 Å². The normalized spacial score (nSPS) is 15.7. The van der Waals surface area contributed by atoms with Crippen LogP contribution in [0.25, 0.3) is 0 Å². The second-order valence-corrected chi connectivity index (χ2v) is 7.12. The lowest BCUT2D eigenvalue weighted by Crippen LogP contribution is -2.47. The van der Waals surface area contributed by atoms with Gasteiger partial charge in [-0.1, -0.05) is 41.6 Å². The fourth-order valence-corrected chi connectivity index (χ4v) is 3.58. The molecule has 23 heavy (non-hydrogen) atoms. The van der Waals surface area contributed by atoms with E-state index < -0.39 is 0 Å². The van der Waals surface area contributed by atoms with Crippen molar-refractivity contribution in [1.82, 2.24) is 9.80 Å². The molecule has 0 saturated carbocycles. The largest absolute Gasteiger partial charge is 0.336 e. The van der Waals surface area contributed by atoms with Crippen LogP contribution in [0.4, 0.5) is 0 Å². The molecule has 0 spiro atoms. The molecule has 0 bridgehead atoms. The minimum Gasteiger partial charge on any atom is -0.336 e. The average Bonchev–Trinajstić information content (AvgIpc) is 2.57. The van der Waals surface area contributed by atoms with Crippen LogP contribution in [0.5, 0.6) is 0 Å². The van der Waals surface area contributed by atoms with Crippen molar-refractivity contribution in [2.45, 2.75) is 16.7 Å². The van der Waals surface area contributed by atoms with Crippen LogP contribution in [0.15, 0.2) is 58.3 Å². The highest BCUT2D eigenvalue weighted by atomic mass is 32.2. The van der Waals surface area contributed by atoms with E-state index >= 15 is 0 Å². The lowest BCUT2D eigenvalue weighted by molar-refractivity contribution is 0.0660. The zero-order valence-corrected chi connectivity index (χ0v) is 14.5. The van der Waals surface area contributed by atoms with E-state index in [0.29, 0.717) is 0 Å². The van der Waals surface area contributed by atoms with Gasteiger partial charge in [-0.15, -0.1) is 0 Å². The Balaban J connectivity index is 1.80. The summed E-state index contributed by atoms with van der Waals surface area (Å²) in [4.78, 5) is 19.3. The Kier molecular flexibility index (Phi) is 5.03. The molecule has 3 nitrogen and oxygen atoms in total. The number of carbonyl (C=O) groups excluding carboxylic acids is 1. The van der Waals surface area contributed by atoms with E-state index in [9.17, 15) is 4.79 Å². The molecule has 2 aromatic carbocycles. The molecule has 0 aliphatic carbocycles. The van der Waals surface area contributed by atoms with Crippen molar-refractivity contribution in [2.75, 3.05) is 33.2 Å². The van der Waals surface area contributed by atoms with Gasteiger partial charge in [0.25, 0.3) is 5.91 Å². The lowest BCUT2D eigenvalue weighted by atomic mass is 10.2. The number of carbonyl (C=O) groups is 1. The van der Waals surface area contributed by atoms with E-state index in [0.717, 1.165) is 41.5 Å². The number of amides is 1. The van der Waals surface area contributed by atoms with E-state index in [1.54, 1.807) is 11.8 Å². The first-order chi connectivity index (χ1) is 11.1. The molecule has 1 heterocycles. The number of hydrogen-bond donors (Lipinski definition) is 0. The van der Waals surface area contributed by atoms with Gasteiger partial charge in [0, 0.05) is 36.0 Å². The fourth-order valence-electron chi connectivity index (χ4n) is 2.65. The molecule has 0 radical (unpaired) electrons. The van der Waals surface area contributed by atoms with Gasteiger partial charge in [0.2, 0.25) is 0 Å². The van der Waals surface area contributed by atoms with Gasteiger partial charge in [0.1, 0.15) is 0 Å². The summed E-state index contributed by atoms with van der Waals surface area (Å²) in [5.74, 6) is 0.147. The number of benzene rings is 2. The van der Waals surface area contributed by atoms with E-state index in [2.05, 4.69) is 43.1 Å². The molecule has 3 rings (SSSR count). The zero-order valence-electron chi connectivity index (χ0n) is 13.7. The van der Waals surface area contributed by atoms with Gasteiger partial charge in [-0.3, -0.25) is 4.79 Å². The van der Waals surface area contributed by atoms with Crippen molar-refractivity contribution in [3.8, 4) is 0 Å². The standard InChI is InChI=1S/C19H22N2OS/c1-15-7-9-16(10-8-15)23-18-6-4-3-5-17(18)19(22)21-13-11-20(2)12-14-21/h3-10H,11-14H2,1-2H3. The molecule has 0 N–H and O–H groups in total. The molecule has 4 heteroatoms. The molecule has 0 unspecified atom stereocenters. The first-order valence-electron chi connectivity index (χ1n) is 7.95. The third-order valence-corrected chi connectivity index (χ3v) is 5.24. The molecule has 1 fully saturated rings. The Bertz CT molecular complexity index is 676. The summed E-state index contributed by atoms with van der Waals surface area (Å²) in [7, 11) is 2.10. The third kappa shape index (κ3) is 3.95. The fraction of sp³-hybridized carbons (Fsp3) is 0.316. The van der Waals surface area contributed by atoms with Crippen molar-refractivity contribution < 1.29 is 4.79 Å². The summed E-state index contributed by atoms with van der Waals surface area (Å²) in [6.07, 6.45) is 0. The number of nitrogens with zero attached hydrogens (tertiary/aromatic N) is 2. The first-order valence-corrected chi connectivity index (χ1v) is 8.76. The number of rotatable bonds is 3. The van der Waals surface area contributed by atoms with Gasteiger partial charge in [-0.25, -0.2) is 0 Å². The van der Waals surface area contributed by atoms with Crippen molar-refractivity contribution in [1.29, 1.82) is 0 Å². The van der Waals surface area contributed by atoms with Gasteiger partial charge in [-0.2, -0.15) is 0 Å². The average molecular weight is 326 g/mol. The van der Waals surface area contributed by atoms with Crippen LogP contribution in [0.3, 0.4) is 0 Å². The Morgan fingerprint density at radius 2 is 1.61 bits per heavy atom. The molecule has 1 aliphatic rings. The summed E-state index contributed by atoms with van der Waals surface area (Å²) in [5, 5.41) is 0. The van der Waals surface area contributed by atoms with Gasteiger partial charge in [0.05, 0.1) is 5.56 Å². The van der Waals surface area contributed by atoms with Crippen LogP contribution in [-0.4, -0.2) is 48.9 Å². The second kappa shape index (κ2) is 7.20. The predicted molar refractivity (Wildman–Crippen MR) is 95.1 cm³/mol. The third-order valence-electron chi connectivity index (χ3n) is 4.16. The highest BCUT2D eigenvalue weighted by Crippen LogP contribution is 2.31. The Hall–Kier alpha value is -1.78. The van der Waals surface area contributed by atoms with Gasteiger partial charge in [0.15, 0.2) is 0 Å². The van der Waals surface area contributed by atoms with Gasteiger partial charge >= 0.3 is 0 Å². The predicted octanol–water partition coefficient (Wildman–Crippen LogP) is 3.53. The number of hydrogen-bond acceptors (Lipinski definition) is 3. The molecule has 0 atom stereocenters. The highest BCUT2D eigenvalue weighted by Gasteiger charge is 2.22. The Labute approximate surface area is 142 Å². The molecular weight excluding hydrogens is 304 g/mol.